The number of hydrogen-bond acceptors (Lipinski definition) is 3. The molecule has 116 valence electrons. The lowest BCUT2D eigenvalue weighted by Crippen LogP contribution is -2.38. The van der Waals surface area contributed by atoms with Gasteiger partial charge < -0.3 is 15.4 Å². The summed E-state index contributed by atoms with van der Waals surface area (Å²) in [6.45, 7) is 1.63. The van der Waals surface area contributed by atoms with Gasteiger partial charge in [0.25, 0.3) is 0 Å². The standard InChI is InChI=1S/C13H15F3N2O3/c1-2-21-11(19)8-18-12(20)17-7-9-3-5-10(6-4-9)13(14,15)16/h3-6H,2,7-8H2,1H3,(H2,17,18,20). The number of carbonyl (C=O) groups is 2. The molecule has 0 radical (unpaired) electrons. The van der Waals surface area contributed by atoms with Crippen molar-refractivity contribution in [2.45, 2.75) is 19.6 Å². The van der Waals surface area contributed by atoms with Gasteiger partial charge in [0.15, 0.2) is 0 Å². The van der Waals surface area contributed by atoms with Crippen molar-refractivity contribution in [2.75, 3.05) is 13.2 Å². The highest BCUT2D eigenvalue weighted by Crippen LogP contribution is 2.28. The van der Waals surface area contributed by atoms with Crippen LogP contribution in [0.5, 0.6) is 0 Å². The number of ether oxygens (including phenoxy) is 1. The Balaban J connectivity index is 2.38. The lowest BCUT2D eigenvalue weighted by Gasteiger charge is -2.09. The van der Waals surface area contributed by atoms with E-state index in [0.717, 1.165) is 12.1 Å². The average molecular weight is 304 g/mol. The van der Waals surface area contributed by atoms with Crippen molar-refractivity contribution < 1.29 is 27.5 Å². The number of benzene rings is 1. The molecule has 21 heavy (non-hydrogen) atoms. The number of amides is 2. The molecule has 0 saturated heterocycles. The van der Waals surface area contributed by atoms with Crippen LogP contribution in [0.1, 0.15) is 18.1 Å². The fourth-order valence-electron chi connectivity index (χ4n) is 1.42. The highest BCUT2D eigenvalue weighted by Gasteiger charge is 2.29. The number of alkyl halides is 3. The molecule has 1 rings (SSSR count). The van der Waals surface area contributed by atoms with Crippen molar-refractivity contribution in [1.82, 2.24) is 10.6 Å². The van der Waals surface area contributed by atoms with Gasteiger partial charge in [0.1, 0.15) is 6.54 Å². The monoisotopic (exact) mass is 304 g/mol. The third kappa shape index (κ3) is 6.15. The molecule has 0 atom stereocenters. The second kappa shape index (κ2) is 7.51. The first-order valence-corrected chi connectivity index (χ1v) is 6.16. The molecule has 0 spiro atoms. The topological polar surface area (TPSA) is 67.4 Å². The second-order valence-electron chi connectivity index (χ2n) is 4.04. The van der Waals surface area contributed by atoms with Crippen LogP contribution >= 0.6 is 0 Å². The van der Waals surface area contributed by atoms with Gasteiger partial charge in [-0.15, -0.1) is 0 Å². The molecule has 0 aliphatic heterocycles. The first-order chi connectivity index (χ1) is 9.82. The van der Waals surface area contributed by atoms with E-state index in [9.17, 15) is 22.8 Å². The predicted molar refractivity (Wildman–Crippen MR) is 68.3 cm³/mol. The normalized spacial score (nSPS) is 10.9. The van der Waals surface area contributed by atoms with Crippen LogP contribution in [0.25, 0.3) is 0 Å². The van der Waals surface area contributed by atoms with Crippen molar-refractivity contribution in [3.05, 3.63) is 35.4 Å². The molecular formula is C13H15F3N2O3. The predicted octanol–water partition coefficient (Wildman–Crippen LogP) is 2.07. The van der Waals surface area contributed by atoms with Crippen LogP contribution in [0.3, 0.4) is 0 Å². The second-order valence-corrected chi connectivity index (χ2v) is 4.04. The van der Waals surface area contributed by atoms with E-state index in [2.05, 4.69) is 15.4 Å². The quantitative estimate of drug-likeness (QED) is 0.818. The van der Waals surface area contributed by atoms with E-state index in [1.165, 1.54) is 12.1 Å². The fraction of sp³-hybridized carbons (Fsp3) is 0.385. The van der Waals surface area contributed by atoms with Crippen LogP contribution < -0.4 is 10.6 Å². The molecule has 0 aliphatic rings. The Labute approximate surface area is 119 Å². The Morgan fingerprint density at radius 2 is 1.76 bits per heavy atom. The SMILES string of the molecule is CCOC(=O)CNC(=O)NCc1ccc(C(F)(F)F)cc1. The van der Waals surface area contributed by atoms with Gasteiger partial charge in [-0.3, -0.25) is 4.79 Å². The minimum Gasteiger partial charge on any atom is -0.465 e. The van der Waals surface area contributed by atoms with Crippen molar-refractivity contribution >= 4 is 12.0 Å². The number of rotatable bonds is 5. The van der Waals surface area contributed by atoms with Gasteiger partial charge in [0.2, 0.25) is 0 Å². The number of urea groups is 1. The molecule has 0 fully saturated rings. The molecule has 0 heterocycles. The average Bonchev–Trinajstić information content (AvgIpc) is 2.43. The molecule has 5 nitrogen and oxygen atoms in total. The zero-order valence-corrected chi connectivity index (χ0v) is 11.3. The van der Waals surface area contributed by atoms with E-state index >= 15 is 0 Å². The van der Waals surface area contributed by atoms with Crippen LogP contribution in [0.15, 0.2) is 24.3 Å². The number of nitrogens with one attached hydrogen (secondary N) is 2. The maximum atomic E-state index is 12.3. The Morgan fingerprint density at radius 3 is 2.29 bits per heavy atom. The van der Waals surface area contributed by atoms with Gasteiger partial charge in [0, 0.05) is 6.54 Å². The summed E-state index contributed by atoms with van der Waals surface area (Å²) in [5, 5.41) is 4.68. The number of halogens is 3. The lowest BCUT2D eigenvalue weighted by atomic mass is 10.1. The van der Waals surface area contributed by atoms with Gasteiger partial charge >= 0.3 is 18.2 Å². The summed E-state index contributed by atoms with van der Waals surface area (Å²) in [5.41, 5.74) is -0.243. The Morgan fingerprint density at radius 1 is 1.14 bits per heavy atom. The molecule has 0 bridgehead atoms. The number of carbonyl (C=O) groups excluding carboxylic acids is 2. The van der Waals surface area contributed by atoms with Crippen molar-refractivity contribution in [3.8, 4) is 0 Å². The maximum absolute atomic E-state index is 12.3. The molecule has 2 N–H and O–H groups in total. The fourth-order valence-corrected chi connectivity index (χ4v) is 1.42. The highest BCUT2D eigenvalue weighted by molar-refractivity contribution is 5.80. The summed E-state index contributed by atoms with van der Waals surface area (Å²) in [5.74, 6) is -0.567. The van der Waals surface area contributed by atoms with Crippen LogP contribution in [-0.4, -0.2) is 25.2 Å². The first kappa shape index (κ1) is 16.8. The Hall–Kier alpha value is -2.25. The molecule has 0 unspecified atom stereocenters. The minimum atomic E-state index is -4.39. The van der Waals surface area contributed by atoms with E-state index < -0.39 is 23.7 Å². The third-order valence-electron chi connectivity index (χ3n) is 2.43. The van der Waals surface area contributed by atoms with E-state index in [-0.39, 0.29) is 19.7 Å². The molecule has 0 saturated carbocycles. The molecule has 0 aliphatic carbocycles. The van der Waals surface area contributed by atoms with Crippen molar-refractivity contribution in [1.29, 1.82) is 0 Å². The third-order valence-corrected chi connectivity index (χ3v) is 2.43. The summed E-state index contributed by atoms with van der Waals surface area (Å²) in [7, 11) is 0. The van der Waals surface area contributed by atoms with Gasteiger partial charge in [-0.1, -0.05) is 12.1 Å². The van der Waals surface area contributed by atoms with E-state index in [1.54, 1.807) is 6.92 Å². The van der Waals surface area contributed by atoms with Crippen molar-refractivity contribution in [3.63, 3.8) is 0 Å². The highest BCUT2D eigenvalue weighted by atomic mass is 19.4. The molecule has 8 heteroatoms. The smallest absolute Gasteiger partial charge is 0.416 e. The summed E-state index contributed by atoms with van der Waals surface area (Å²) < 4.78 is 41.7. The van der Waals surface area contributed by atoms with Crippen LogP contribution in [0.2, 0.25) is 0 Å². The van der Waals surface area contributed by atoms with E-state index in [4.69, 9.17) is 0 Å². The van der Waals surface area contributed by atoms with E-state index in [1.807, 2.05) is 0 Å². The zero-order valence-electron chi connectivity index (χ0n) is 11.3. The van der Waals surface area contributed by atoms with Gasteiger partial charge in [-0.05, 0) is 24.6 Å². The van der Waals surface area contributed by atoms with Crippen LogP contribution in [0.4, 0.5) is 18.0 Å². The summed E-state index contributed by atoms with van der Waals surface area (Å²) in [4.78, 5) is 22.3. The molecular weight excluding hydrogens is 289 g/mol. The van der Waals surface area contributed by atoms with Gasteiger partial charge in [-0.2, -0.15) is 13.2 Å². The van der Waals surface area contributed by atoms with Crippen LogP contribution in [-0.2, 0) is 22.3 Å². The summed E-state index contributed by atoms with van der Waals surface area (Å²) in [6, 6.07) is 3.81. The molecule has 2 amide bonds. The largest absolute Gasteiger partial charge is 0.465 e. The summed E-state index contributed by atoms with van der Waals surface area (Å²) >= 11 is 0. The maximum Gasteiger partial charge on any atom is 0.416 e. The number of hydrogen-bond donors (Lipinski definition) is 2. The number of esters is 1. The zero-order chi connectivity index (χ0) is 15.9. The molecule has 1 aromatic rings. The minimum absolute atomic E-state index is 0.0484. The van der Waals surface area contributed by atoms with Crippen LogP contribution in [0, 0.1) is 0 Å². The van der Waals surface area contributed by atoms with Crippen molar-refractivity contribution in [2.24, 2.45) is 0 Å². The molecule has 0 aromatic heterocycles. The Kier molecular flexibility index (Phi) is 6.01. The van der Waals surface area contributed by atoms with E-state index in [0.29, 0.717) is 5.56 Å². The Bertz CT molecular complexity index is 486. The first-order valence-electron chi connectivity index (χ1n) is 6.16. The lowest BCUT2D eigenvalue weighted by molar-refractivity contribution is -0.141. The van der Waals surface area contributed by atoms with Gasteiger partial charge in [0.05, 0.1) is 12.2 Å². The molecule has 1 aromatic carbocycles. The van der Waals surface area contributed by atoms with Gasteiger partial charge in [-0.25, -0.2) is 4.79 Å². The summed E-state index contributed by atoms with van der Waals surface area (Å²) in [6.07, 6.45) is -4.39.